The third-order valence-electron chi connectivity index (χ3n) is 9.64. The summed E-state index contributed by atoms with van der Waals surface area (Å²) in [7, 11) is 1.77. The Kier molecular flexibility index (Phi) is 16.4. The number of aliphatic hydroxyl groups is 1. The predicted molar refractivity (Wildman–Crippen MR) is 157 cm³/mol. The van der Waals surface area contributed by atoms with Crippen molar-refractivity contribution in [1.29, 1.82) is 0 Å². The van der Waals surface area contributed by atoms with Gasteiger partial charge in [-0.25, -0.2) is 0 Å². The van der Waals surface area contributed by atoms with Crippen molar-refractivity contribution >= 4 is 6.29 Å². The lowest BCUT2D eigenvalue weighted by Gasteiger charge is -2.63. The second-order valence-electron chi connectivity index (χ2n) is 11.8. The molecule has 214 valence electrons. The van der Waals surface area contributed by atoms with Crippen LogP contribution >= 0.6 is 0 Å². The monoisotopic (exact) mass is 509 g/mol. The molecule has 3 aliphatic carbocycles. The van der Waals surface area contributed by atoms with Crippen LogP contribution in [-0.4, -0.2) is 36.6 Å². The van der Waals surface area contributed by atoms with Crippen LogP contribution in [0.25, 0.3) is 0 Å². The fraction of sp³-hybridized carbons (Fsp3) is 0.903. The van der Waals surface area contributed by atoms with Gasteiger partial charge in [0.2, 0.25) is 0 Å². The Morgan fingerprint density at radius 3 is 2.28 bits per heavy atom. The highest BCUT2D eigenvalue weighted by Gasteiger charge is 2.58. The highest BCUT2D eigenvalue weighted by Crippen LogP contribution is 2.63. The number of carbonyl (C=O) groups excluding carboxylic acids is 1. The first-order valence-corrected chi connectivity index (χ1v) is 15.0. The molecule has 0 heterocycles. The van der Waals surface area contributed by atoms with Gasteiger partial charge >= 0.3 is 0 Å². The number of fused-ring (bicyclic) bond motifs is 3. The van der Waals surface area contributed by atoms with Crippen molar-refractivity contribution in [3.63, 3.8) is 0 Å². The summed E-state index contributed by atoms with van der Waals surface area (Å²) in [6.45, 7) is 19.3. The van der Waals surface area contributed by atoms with Gasteiger partial charge in [-0.05, 0) is 93.4 Å². The smallest absolute Gasteiger partial charge is 0.119 e. The normalized spacial score (nSPS) is 34.4. The molecular weight excluding hydrogens is 446 g/mol. The number of aldehydes is 1. The molecule has 0 aromatic rings. The Bertz CT molecular complexity index is 627. The van der Waals surface area contributed by atoms with Crippen LogP contribution in [0.5, 0.6) is 0 Å². The van der Waals surface area contributed by atoms with Crippen molar-refractivity contribution in [1.82, 2.24) is 5.32 Å². The van der Waals surface area contributed by atoms with E-state index in [-0.39, 0.29) is 17.3 Å². The summed E-state index contributed by atoms with van der Waals surface area (Å²) in [5.41, 5.74) is 13.4. The van der Waals surface area contributed by atoms with Crippen LogP contribution in [0, 0.1) is 28.6 Å². The van der Waals surface area contributed by atoms with Gasteiger partial charge in [0.15, 0.2) is 0 Å². The van der Waals surface area contributed by atoms with Crippen LogP contribution in [0.1, 0.15) is 126 Å². The summed E-state index contributed by atoms with van der Waals surface area (Å²) in [5.74, 6) is 2.37. The molecule has 0 aromatic heterocycles. The summed E-state index contributed by atoms with van der Waals surface area (Å²) in [5, 5.41) is 11.4. The van der Waals surface area contributed by atoms with Crippen molar-refractivity contribution in [3.8, 4) is 0 Å². The van der Waals surface area contributed by atoms with E-state index >= 15 is 0 Å². The number of rotatable bonds is 8. The van der Waals surface area contributed by atoms with E-state index in [9.17, 15) is 4.79 Å². The standard InChI is InChI=1S/C22H39NO.C5H12N2O.2C2H6/c1-17(8-5-7-15-24)20(2)13-11-19-21(3)12-6-4-9-18(21)10-14-22(19,23)16-20;1-4(8)5(6)3-7-2;2*1-2/h15,17-19H,4-14,16,23H2,1-3H3;5,7-8H,1,3,6H2,2H3;2*1-2H3. The van der Waals surface area contributed by atoms with E-state index in [2.05, 4.69) is 32.7 Å². The van der Waals surface area contributed by atoms with E-state index in [0.29, 0.717) is 23.3 Å². The van der Waals surface area contributed by atoms with Gasteiger partial charge in [0, 0.05) is 18.5 Å². The summed E-state index contributed by atoms with van der Waals surface area (Å²) in [6.07, 6.45) is 16.2. The molecule has 5 nitrogen and oxygen atoms in total. The van der Waals surface area contributed by atoms with Crippen molar-refractivity contribution in [3.05, 3.63) is 12.3 Å². The Hall–Kier alpha value is -0.910. The number of hydrogen-bond donors (Lipinski definition) is 4. The molecule has 0 spiro atoms. The van der Waals surface area contributed by atoms with Crippen LogP contribution in [0.15, 0.2) is 12.3 Å². The number of aliphatic hydroxyl groups excluding tert-OH is 1. The molecule has 3 aliphatic rings. The van der Waals surface area contributed by atoms with Crippen LogP contribution < -0.4 is 16.8 Å². The van der Waals surface area contributed by atoms with Crippen LogP contribution in [0.3, 0.4) is 0 Å². The molecule has 0 bridgehead atoms. The molecule has 7 atom stereocenters. The topological polar surface area (TPSA) is 101 Å². The molecule has 6 N–H and O–H groups in total. The maximum atomic E-state index is 10.6. The number of hydrogen-bond acceptors (Lipinski definition) is 5. The lowest BCUT2D eigenvalue weighted by molar-refractivity contribution is -0.108. The van der Waals surface area contributed by atoms with Gasteiger partial charge in [-0.2, -0.15) is 0 Å². The van der Waals surface area contributed by atoms with Gasteiger partial charge < -0.3 is 26.7 Å². The van der Waals surface area contributed by atoms with E-state index in [4.69, 9.17) is 16.6 Å². The quantitative estimate of drug-likeness (QED) is 0.158. The maximum Gasteiger partial charge on any atom is 0.119 e. The van der Waals surface area contributed by atoms with Gasteiger partial charge in [-0.1, -0.05) is 67.9 Å². The second kappa shape index (κ2) is 16.8. The highest BCUT2D eigenvalue weighted by molar-refractivity contribution is 5.48. The first-order chi connectivity index (χ1) is 17.0. The number of unbranched alkanes of at least 4 members (excludes halogenated alkanes) is 1. The van der Waals surface area contributed by atoms with E-state index in [1.165, 1.54) is 64.2 Å². The molecule has 5 heteroatoms. The van der Waals surface area contributed by atoms with Gasteiger partial charge in [-0.15, -0.1) is 0 Å². The Balaban J connectivity index is 0.000000866. The van der Waals surface area contributed by atoms with Crippen molar-refractivity contribution in [2.75, 3.05) is 13.6 Å². The zero-order chi connectivity index (χ0) is 28.0. The fourth-order valence-electron chi connectivity index (χ4n) is 7.39. The van der Waals surface area contributed by atoms with Crippen LogP contribution in [0.2, 0.25) is 0 Å². The number of carbonyl (C=O) groups is 1. The third kappa shape index (κ3) is 9.13. The fourth-order valence-corrected chi connectivity index (χ4v) is 7.39. The number of likely N-dealkylation sites (N-methyl/N-ethyl adjacent to an activating group) is 1. The molecule has 0 amide bonds. The van der Waals surface area contributed by atoms with Crippen LogP contribution in [0.4, 0.5) is 0 Å². The lowest BCUT2D eigenvalue weighted by atomic mass is 9.44. The van der Waals surface area contributed by atoms with Crippen molar-refractivity contribution < 1.29 is 9.90 Å². The number of nitrogens with one attached hydrogen (secondary N) is 1. The van der Waals surface area contributed by atoms with Crippen molar-refractivity contribution in [2.24, 2.45) is 40.1 Å². The lowest BCUT2D eigenvalue weighted by Crippen LogP contribution is -2.64. The molecule has 3 fully saturated rings. The summed E-state index contributed by atoms with van der Waals surface area (Å²) in [4.78, 5) is 10.6. The molecule has 0 radical (unpaired) electrons. The Morgan fingerprint density at radius 2 is 1.75 bits per heavy atom. The number of nitrogens with two attached hydrogens (primary N) is 2. The minimum Gasteiger partial charge on any atom is -0.511 e. The first-order valence-electron chi connectivity index (χ1n) is 15.0. The Morgan fingerprint density at radius 1 is 1.11 bits per heavy atom. The summed E-state index contributed by atoms with van der Waals surface area (Å²) < 4.78 is 0. The third-order valence-corrected chi connectivity index (χ3v) is 9.64. The average Bonchev–Trinajstić information content (AvgIpc) is 2.86. The molecular formula is C31H63N3O2. The maximum absolute atomic E-state index is 10.6. The Labute approximate surface area is 224 Å². The summed E-state index contributed by atoms with van der Waals surface area (Å²) >= 11 is 0. The minimum absolute atomic E-state index is 0.0272. The highest BCUT2D eigenvalue weighted by atomic mass is 16.3. The molecule has 0 saturated heterocycles. The van der Waals surface area contributed by atoms with Gasteiger partial charge in [0.25, 0.3) is 0 Å². The largest absolute Gasteiger partial charge is 0.511 e. The first kappa shape index (κ1) is 35.1. The van der Waals surface area contributed by atoms with Crippen LogP contribution in [-0.2, 0) is 4.79 Å². The van der Waals surface area contributed by atoms with Gasteiger partial charge in [0.1, 0.15) is 12.0 Å². The zero-order valence-corrected chi connectivity index (χ0v) is 25.3. The molecule has 7 unspecified atom stereocenters. The molecule has 3 rings (SSSR count). The molecule has 3 saturated carbocycles. The molecule has 0 aromatic carbocycles. The average molecular weight is 510 g/mol. The zero-order valence-electron chi connectivity index (χ0n) is 25.3. The SMILES string of the molecule is C=C(O)C(N)CNC.CC.CC.CC(CCCC=O)C1(C)CCC2C(N)(CCC3CCCCC32C)C1. The summed E-state index contributed by atoms with van der Waals surface area (Å²) in [6, 6.07) is -0.333. The van der Waals surface area contributed by atoms with Gasteiger partial charge in [0.05, 0.1) is 6.04 Å². The van der Waals surface area contributed by atoms with E-state index in [1.807, 2.05) is 27.7 Å². The van der Waals surface area contributed by atoms with Crippen molar-refractivity contribution in [2.45, 2.75) is 137 Å². The minimum atomic E-state index is -0.333. The van der Waals surface area contributed by atoms with Gasteiger partial charge in [-0.3, -0.25) is 0 Å². The van der Waals surface area contributed by atoms with E-state index in [0.717, 1.165) is 31.0 Å². The van der Waals surface area contributed by atoms with E-state index < -0.39 is 0 Å². The predicted octanol–water partition coefficient (Wildman–Crippen LogP) is 7.14. The molecule has 0 aliphatic heterocycles. The molecule has 36 heavy (non-hydrogen) atoms. The van der Waals surface area contributed by atoms with E-state index in [1.54, 1.807) is 7.05 Å². The second-order valence-corrected chi connectivity index (χ2v) is 11.8.